The summed E-state index contributed by atoms with van der Waals surface area (Å²) in [6, 6.07) is 6.67. The van der Waals surface area contributed by atoms with E-state index in [4.69, 9.17) is 10.8 Å². The Hall–Kier alpha value is -1.84. The minimum Gasteiger partial charge on any atom is -0.465 e. The van der Waals surface area contributed by atoms with Crippen molar-refractivity contribution in [3.05, 3.63) is 33.4 Å². The molecule has 0 spiro atoms. The van der Waals surface area contributed by atoms with Crippen LogP contribution in [-0.2, 0) is 16.0 Å². The maximum absolute atomic E-state index is 12.8. The van der Waals surface area contributed by atoms with Crippen LogP contribution >= 0.6 is 22.6 Å². The second kappa shape index (κ2) is 8.50. The van der Waals surface area contributed by atoms with E-state index in [0.717, 1.165) is 28.4 Å². The summed E-state index contributed by atoms with van der Waals surface area (Å²) in [5.41, 5.74) is 5.12. The zero-order chi connectivity index (χ0) is 18.4. The van der Waals surface area contributed by atoms with E-state index in [1.165, 1.54) is 0 Å². The van der Waals surface area contributed by atoms with Crippen molar-refractivity contribution in [2.45, 2.75) is 50.1 Å². The van der Waals surface area contributed by atoms with Gasteiger partial charge in [0.2, 0.25) is 11.8 Å². The van der Waals surface area contributed by atoms with Crippen molar-refractivity contribution in [3.63, 3.8) is 0 Å². The first-order valence-electron chi connectivity index (χ1n) is 8.18. The number of carboxylic acid groups (broad SMARTS) is 1. The van der Waals surface area contributed by atoms with Gasteiger partial charge in [0.15, 0.2) is 0 Å². The molecule has 1 unspecified atom stereocenters. The van der Waals surface area contributed by atoms with E-state index >= 15 is 0 Å². The molecular formula is C17H22IN3O4. The third-order valence-electron chi connectivity index (χ3n) is 4.49. The van der Waals surface area contributed by atoms with Crippen molar-refractivity contribution in [1.29, 1.82) is 0 Å². The minimum atomic E-state index is -1.25. The molecule has 1 fully saturated rings. The van der Waals surface area contributed by atoms with Gasteiger partial charge in [0.05, 0.1) is 0 Å². The smallest absolute Gasteiger partial charge is 0.405 e. The molecule has 0 aliphatic heterocycles. The Morgan fingerprint density at radius 1 is 1.16 bits per heavy atom. The highest BCUT2D eigenvalue weighted by atomic mass is 127. The van der Waals surface area contributed by atoms with Gasteiger partial charge in [-0.1, -0.05) is 31.4 Å². The number of amides is 3. The van der Waals surface area contributed by atoms with Crippen LogP contribution in [0.3, 0.4) is 0 Å². The maximum Gasteiger partial charge on any atom is 0.405 e. The highest BCUT2D eigenvalue weighted by Crippen LogP contribution is 2.28. The van der Waals surface area contributed by atoms with Crippen molar-refractivity contribution in [1.82, 2.24) is 10.6 Å². The molecule has 2 rings (SSSR count). The third kappa shape index (κ3) is 5.32. The molecule has 1 saturated carbocycles. The van der Waals surface area contributed by atoms with E-state index in [1.807, 2.05) is 24.3 Å². The Kier molecular flexibility index (Phi) is 6.63. The van der Waals surface area contributed by atoms with Crippen LogP contribution in [0.2, 0.25) is 0 Å². The molecule has 1 aliphatic carbocycles. The SMILES string of the molecule is NC(=O)C(Cc1ccc(I)cc1)NC(=O)C1(NC(=O)O)CCCCC1. The van der Waals surface area contributed by atoms with Gasteiger partial charge in [-0.25, -0.2) is 4.79 Å². The van der Waals surface area contributed by atoms with E-state index in [2.05, 4.69) is 33.2 Å². The van der Waals surface area contributed by atoms with Gasteiger partial charge in [-0.2, -0.15) is 0 Å². The molecule has 0 heterocycles. The Morgan fingerprint density at radius 2 is 1.76 bits per heavy atom. The van der Waals surface area contributed by atoms with Crippen molar-refractivity contribution in [3.8, 4) is 0 Å². The van der Waals surface area contributed by atoms with Crippen LogP contribution in [-0.4, -0.2) is 34.6 Å². The highest BCUT2D eigenvalue weighted by Gasteiger charge is 2.42. The Bertz CT molecular complexity index is 642. The molecule has 7 nitrogen and oxygen atoms in total. The van der Waals surface area contributed by atoms with Crippen molar-refractivity contribution in [2.75, 3.05) is 0 Å². The Labute approximate surface area is 159 Å². The van der Waals surface area contributed by atoms with Crippen LogP contribution in [0.4, 0.5) is 4.79 Å². The summed E-state index contributed by atoms with van der Waals surface area (Å²) in [6.07, 6.45) is 2.32. The molecule has 0 bridgehead atoms. The topological polar surface area (TPSA) is 122 Å². The quantitative estimate of drug-likeness (QED) is 0.485. The average molecular weight is 459 g/mol. The number of carbonyl (C=O) groups is 3. The summed E-state index contributed by atoms with van der Waals surface area (Å²) in [6.45, 7) is 0. The van der Waals surface area contributed by atoms with Gasteiger partial charge in [-0.15, -0.1) is 0 Å². The predicted octanol–water partition coefficient (Wildman–Crippen LogP) is 1.77. The number of rotatable bonds is 6. The fourth-order valence-corrected chi connectivity index (χ4v) is 3.50. The number of benzene rings is 1. The van der Waals surface area contributed by atoms with Gasteiger partial charge < -0.3 is 21.5 Å². The standard InChI is InChI=1S/C17H22IN3O4/c18-12-6-4-11(5-7-12)10-13(14(19)22)20-15(23)17(21-16(24)25)8-2-1-3-9-17/h4-7,13,21H,1-3,8-10H2,(H2,19,22)(H,20,23)(H,24,25). The molecule has 1 aromatic rings. The molecule has 0 aromatic heterocycles. The second-order valence-electron chi connectivity index (χ2n) is 6.33. The maximum atomic E-state index is 12.8. The molecule has 1 aliphatic rings. The van der Waals surface area contributed by atoms with Crippen LogP contribution in [0, 0.1) is 3.57 Å². The van der Waals surface area contributed by atoms with E-state index in [-0.39, 0.29) is 6.42 Å². The molecule has 0 radical (unpaired) electrons. The number of hydrogen-bond donors (Lipinski definition) is 4. The van der Waals surface area contributed by atoms with Crippen LogP contribution in [0.1, 0.15) is 37.7 Å². The zero-order valence-corrected chi connectivity index (χ0v) is 15.9. The molecule has 136 valence electrons. The molecular weight excluding hydrogens is 437 g/mol. The summed E-state index contributed by atoms with van der Waals surface area (Å²) in [5.74, 6) is -1.13. The van der Waals surface area contributed by atoms with E-state index < -0.39 is 29.5 Å². The van der Waals surface area contributed by atoms with Gasteiger partial charge >= 0.3 is 6.09 Å². The number of hydrogen-bond acceptors (Lipinski definition) is 3. The Morgan fingerprint density at radius 3 is 2.28 bits per heavy atom. The number of halogens is 1. The molecule has 1 aromatic carbocycles. The summed E-state index contributed by atoms with van der Waals surface area (Å²) < 4.78 is 1.06. The number of nitrogens with two attached hydrogens (primary N) is 1. The second-order valence-corrected chi connectivity index (χ2v) is 7.58. The van der Waals surface area contributed by atoms with Crippen molar-refractivity contribution in [2.24, 2.45) is 5.73 Å². The molecule has 1 atom stereocenters. The largest absolute Gasteiger partial charge is 0.465 e. The summed E-state index contributed by atoms with van der Waals surface area (Å²) >= 11 is 2.18. The van der Waals surface area contributed by atoms with Crippen LogP contribution in [0.15, 0.2) is 24.3 Å². The van der Waals surface area contributed by atoms with Crippen molar-refractivity contribution < 1.29 is 19.5 Å². The van der Waals surface area contributed by atoms with Crippen LogP contribution in [0.5, 0.6) is 0 Å². The third-order valence-corrected chi connectivity index (χ3v) is 5.21. The molecule has 3 amide bonds. The normalized spacial score (nSPS) is 17.3. The highest BCUT2D eigenvalue weighted by molar-refractivity contribution is 14.1. The fourth-order valence-electron chi connectivity index (χ4n) is 3.14. The molecule has 0 saturated heterocycles. The lowest BCUT2D eigenvalue weighted by atomic mass is 9.80. The Balaban J connectivity index is 2.13. The van der Waals surface area contributed by atoms with E-state index in [9.17, 15) is 14.4 Å². The van der Waals surface area contributed by atoms with Gasteiger partial charge in [-0.3, -0.25) is 9.59 Å². The predicted molar refractivity (Wildman–Crippen MR) is 101 cm³/mol. The summed E-state index contributed by atoms with van der Waals surface area (Å²) in [7, 11) is 0. The first-order valence-corrected chi connectivity index (χ1v) is 9.26. The van der Waals surface area contributed by atoms with Gasteiger partial charge in [-0.05, 0) is 53.1 Å². The lowest BCUT2D eigenvalue weighted by Gasteiger charge is -2.36. The molecule has 5 N–H and O–H groups in total. The summed E-state index contributed by atoms with van der Waals surface area (Å²) in [5, 5.41) is 14.1. The average Bonchev–Trinajstić information content (AvgIpc) is 2.56. The summed E-state index contributed by atoms with van der Waals surface area (Å²) in [4.78, 5) is 35.7. The van der Waals surface area contributed by atoms with Gasteiger partial charge in [0, 0.05) is 9.99 Å². The first-order chi connectivity index (χ1) is 11.8. The number of nitrogens with one attached hydrogen (secondary N) is 2. The van der Waals surface area contributed by atoms with Crippen molar-refractivity contribution >= 4 is 40.5 Å². The number of primary amides is 1. The monoisotopic (exact) mass is 459 g/mol. The minimum absolute atomic E-state index is 0.265. The first kappa shape index (κ1) is 19.5. The van der Waals surface area contributed by atoms with Gasteiger partial charge in [0.25, 0.3) is 0 Å². The van der Waals surface area contributed by atoms with Crippen LogP contribution < -0.4 is 16.4 Å². The van der Waals surface area contributed by atoms with E-state index in [1.54, 1.807) is 0 Å². The lowest BCUT2D eigenvalue weighted by molar-refractivity contribution is -0.132. The van der Waals surface area contributed by atoms with E-state index in [0.29, 0.717) is 12.8 Å². The van der Waals surface area contributed by atoms with Gasteiger partial charge in [0.1, 0.15) is 11.6 Å². The molecule has 25 heavy (non-hydrogen) atoms. The molecule has 8 heteroatoms. The zero-order valence-electron chi connectivity index (χ0n) is 13.8. The van der Waals surface area contributed by atoms with Crippen LogP contribution in [0.25, 0.3) is 0 Å². The fraction of sp³-hybridized carbons (Fsp3) is 0.471. The number of carbonyl (C=O) groups excluding carboxylic acids is 2. The lowest BCUT2D eigenvalue weighted by Crippen LogP contribution is -2.62.